The Morgan fingerprint density at radius 2 is 2.06 bits per heavy atom. The van der Waals surface area contributed by atoms with Gasteiger partial charge in [-0.3, -0.25) is 9.59 Å². The fourth-order valence-electron chi connectivity index (χ4n) is 1.27. The van der Waals surface area contributed by atoms with Gasteiger partial charge in [0.1, 0.15) is 5.56 Å². The highest BCUT2D eigenvalue weighted by atomic mass is 16.2. The number of allylic oxidation sites excluding steroid dienone is 1. The fraction of sp³-hybridized carbons (Fsp3) is 0.231. The Morgan fingerprint density at radius 3 is 2.47 bits per heavy atom. The molecule has 0 saturated carbocycles. The van der Waals surface area contributed by atoms with Crippen LogP contribution in [0.5, 0.6) is 0 Å². The molecule has 1 aromatic rings. The molecule has 0 saturated heterocycles. The fourth-order valence-corrected chi connectivity index (χ4v) is 1.27. The summed E-state index contributed by atoms with van der Waals surface area (Å²) < 4.78 is 0. The predicted octanol–water partition coefficient (Wildman–Crippen LogP) is 0.267. The lowest BCUT2D eigenvalue weighted by atomic mass is 10.2. The lowest BCUT2D eigenvalue weighted by Crippen LogP contribution is -2.44. The molecule has 0 aromatic carbocycles. The molecule has 0 unspecified atom stereocenters. The van der Waals surface area contributed by atoms with E-state index < -0.39 is 5.91 Å². The van der Waals surface area contributed by atoms with Crippen LogP contribution in [0, 0.1) is 0 Å². The number of aromatic amines is 1. The van der Waals surface area contributed by atoms with E-state index in [0.29, 0.717) is 10.6 Å². The molecule has 1 heterocycles. The summed E-state index contributed by atoms with van der Waals surface area (Å²) in [5.41, 5.74) is 4.63. The van der Waals surface area contributed by atoms with Gasteiger partial charge in [0, 0.05) is 16.8 Å². The number of rotatable bonds is 2. The maximum atomic E-state index is 11.8. The summed E-state index contributed by atoms with van der Waals surface area (Å²) in [6.45, 7) is 9.30. The van der Waals surface area contributed by atoms with E-state index in [4.69, 9.17) is 5.73 Å². The number of aromatic nitrogens is 1. The van der Waals surface area contributed by atoms with Crippen molar-refractivity contribution in [3.05, 3.63) is 45.2 Å². The van der Waals surface area contributed by atoms with Gasteiger partial charge in [-0.15, -0.1) is 0 Å². The van der Waals surface area contributed by atoms with Crippen LogP contribution >= 0.6 is 0 Å². The van der Waals surface area contributed by atoms with E-state index in [9.17, 15) is 9.59 Å². The van der Waals surface area contributed by atoms with Gasteiger partial charge in [0.25, 0.3) is 5.91 Å². The summed E-state index contributed by atoms with van der Waals surface area (Å²) in [6.07, 6.45) is 6.09. The van der Waals surface area contributed by atoms with Crippen LogP contribution < -0.4 is 21.7 Å². The zero-order chi connectivity index (χ0) is 13.4. The lowest BCUT2D eigenvalue weighted by Gasteiger charge is -1.95. The summed E-state index contributed by atoms with van der Waals surface area (Å²) >= 11 is 0. The van der Waals surface area contributed by atoms with E-state index in [-0.39, 0.29) is 11.0 Å². The van der Waals surface area contributed by atoms with Crippen LogP contribution in [0.1, 0.15) is 31.1 Å². The summed E-state index contributed by atoms with van der Waals surface area (Å²) in [6, 6.07) is 0. The first-order valence-corrected chi connectivity index (χ1v) is 5.42. The van der Waals surface area contributed by atoms with Crippen LogP contribution in [0.4, 0.5) is 0 Å². The minimum absolute atomic E-state index is 0.0475. The maximum Gasteiger partial charge on any atom is 0.254 e. The predicted molar refractivity (Wildman–Crippen MR) is 71.0 cm³/mol. The number of nitrogens with two attached hydrogens (primary N) is 1. The molecule has 0 atom stereocenters. The Hall–Kier alpha value is -2.10. The van der Waals surface area contributed by atoms with Gasteiger partial charge in [0.05, 0.1) is 0 Å². The number of hydrogen-bond donors (Lipinski definition) is 2. The van der Waals surface area contributed by atoms with Gasteiger partial charge in [0.15, 0.2) is 0 Å². The van der Waals surface area contributed by atoms with Gasteiger partial charge in [0.2, 0.25) is 5.43 Å². The Kier molecular flexibility index (Phi) is 6.33. The largest absolute Gasteiger partial charge is 0.365 e. The number of amides is 1. The van der Waals surface area contributed by atoms with Gasteiger partial charge in [-0.2, -0.15) is 0 Å². The number of H-pyrrole nitrogens is 1. The highest BCUT2D eigenvalue weighted by Gasteiger charge is 2.06. The lowest BCUT2D eigenvalue weighted by molar-refractivity contribution is 0.0999. The highest BCUT2D eigenvalue weighted by Crippen LogP contribution is 1.79. The van der Waals surface area contributed by atoms with E-state index >= 15 is 0 Å². The van der Waals surface area contributed by atoms with Crippen LogP contribution in [0.3, 0.4) is 0 Å². The smallest absolute Gasteiger partial charge is 0.254 e. The Bertz CT molecular complexity index is 568. The molecule has 4 nitrogen and oxygen atoms in total. The first-order valence-electron chi connectivity index (χ1n) is 5.42. The van der Waals surface area contributed by atoms with Crippen LogP contribution in [0.2, 0.25) is 0 Å². The summed E-state index contributed by atoms with van der Waals surface area (Å²) in [5, 5.41) is 1.04. The average molecular weight is 234 g/mol. The Labute approximate surface area is 100 Å². The number of pyridine rings is 1. The summed E-state index contributed by atoms with van der Waals surface area (Å²) in [5.74, 6) is -0.738. The normalized spacial score (nSPS) is 11.7. The monoisotopic (exact) mass is 234 g/mol. The number of hydrogen-bond acceptors (Lipinski definition) is 2. The molecule has 1 rings (SSSR count). The molecule has 0 bridgehead atoms. The van der Waals surface area contributed by atoms with Gasteiger partial charge in [-0.05, 0) is 13.0 Å². The SMILES string of the molecule is C=C/C=c1/c(=O)c(C(N)=O)c[nH]/c1=C/C.CC. The molecule has 0 aliphatic rings. The van der Waals surface area contributed by atoms with Crippen molar-refractivity contribution in [1.29, 1.82) is 0 Å². The second-order valence-corrected chi connectivity index (χ2v) is 2.91. The van der Waals surface area contributed by atoms with Gasteiger partial charge in [-0.25, -0.2) is 0 Å². The molecule has 1 amide bonds. The van der Waals surface area contributed by atoms with Gasteiger partial charge in [-0.1, -0.05) is 32.6 Å². The van der Waals surface area contributed by atoms with Crippen molar-refractivity contribution in [2.75, 3.05) is 0 Å². The third-order valence-electron chi connectivity index (χ3n) is 1.99. The molecule has 3 N–H and O–H groups in total. The van der Waals surface area contributed by atoms with Crippen LogP contribution in [-0.2, 0) is 0 Å². The summed E-state index contributed by atoms with van der Waals surface area (Å²) in [4.78, 5) is 25.5. The second kappa shape index (κ2) is 7.22. The van der Waals surface area contributed by atoms with Gasteiger partial charge < -0.3 is 10.7 Å². The van der Waals surface area contributed by atoms with Crippen molar-refractivity contribution in [1.82, 2.24) is 4.98 Å². The molecule has 1 aromatic heterocycles. The van der Waals surface area contributed by atoms with Crippen molar-refractivity contribution in [2.45, 2.75) is 20.8 Å². The molecule has 92 valence electrons. The quantitative estimate of drug-likeness (QED) is 0.770. The first kappa shape index (κ1) is 14.9. The molecule has 0 spiro atoms. The van der Waals surface area contributed by atoms with Crippen molar-refractivity contribution in [2.24, 2.45) is 5.73 Å². The van der Waals surface area contributed by atoms with E-state index in [1.807, 2.05) is 13.8 Å². The minimum atomic E-state index is -0.738. The Morgan fingerprint density at radius 1 is 1.47 bits per heavy atom. The third-order valence-corrected chi connectivity index (χ3v) is 1.99. The van der Waals surface area contributed by atoms with Crippen molar-refractivity contribution in [3.8, 4) is 0 Å². The zero-order valence-electron chi connectivity index (χ0n) is 10.4. The molecular weight excluding hydrogens is 216 g/mol. The molecule has 0 fully saturated rings. The third kappa shape index (κ3) is 3.45. The molecule has 4 heteroatoms. The second-order valence-electron chi connectivity index (χ2n) is 2.91. The zero-order valence-corrected chi connectivity index (χ0v) is 10.4. The average Bonchev–Trinajstić information content (AvgIpc) is 2.34. The highest BCUT2D eigenvalue weighted by molar-refractivity contribution is 5.92. The van der Waals surface area contributed by atoms with E-state index in [1.54, 1.807) is 19.1 Å². The van der Waals surface area contributed by atoms with Crippen LogP contribution in [-0.4, -0.2) is 10.9 Å². The van der Waals surface area contributed by atoms with E-state index in [1.165, 1.54) is 12.3 Å². The molecular formula is C13H18N2O2. The van der Waals surface area contributed by atoms with Crippen molar-refractivity contribution >= 4 is 18.1 Å². The number of nitrogens with one attached hydrogen (secondary N) is 1. The molecule has 0 aliphatic carbocycles. The molecule has 17 heavy (non-hydrogen) atoms. The first-order chi connectivity index (χ1) is 8.11. The molecule has 0 aliphatic heterocycles. The van der Waals surface area contributed by atoms with Crippen LogP contribution in [0.15, 0.2) is 23.6 Å². The van der Waals surface area contributed by atoms with Crippen molar-refractivity contribution < 1.29 is 4.79 Å². The Balaban J connectivity index is 0.00000121. The standard InChI is InChI=1S/C11H12N2O2.C2H6/c1-3-5-7-9(4-2)13-6-8(10(7)14)11(12)15;1-2/h3-6,13H,1H2,2H3,(H2,12,15);1-2H3/b7-5+,9-4+;. The van der Waals surface area contributed by atoms with Crippen LogP contribution in [0.25, 0.3) is 12.2 Å². The van der Waals surface area contributed by atoms with Crippen molar-refractivity contribution in [3.63, 3.8) is 0 Å². The van der Waals surface area contributed by atoms with E-state index in [2.05, 4.69) is 11.6 Å². The topological polar surface area (TPSA) is 76.0 Å². The maximum absolute atomic E-state index is 11.8. The molecule has 0 radical (unpaired) electrons. The number of carbonyl (C=O) groups excluding carboxylic acids is 1. The number of primary amides is 1. The van der Waals surface area contributed by atoms with Gasteiger partial charge >= 0.3 is 0 Å². The minimum Gasteiger partial charge on any atom is -0.365 e. The summed E-state index contributed by atoms with van der Waals surface area (Å²) in [7, 11) is 0. The number of carbonyl (C=O) groups is 1. The van der Waals surface area contributed by atoms with E-state index in [0.717, 1.165) is 0 Å².